The van der Waals surface area contributed by atoms with Crippen molar-refractivity contribution in [3.8, 4) is 5.75 Å². The molecule has 0 bridgehead atoms. The number of hydrogen-bond donors (Lipinski definition) is 2. The molecule has 148 valence electrons. The highest BCUT2D eigenvalue weighted by Gasteiger charge is 2.53. The Morgan fingerprint density at radius 3 is 2.57 bits per heavy atom. The van der Waals surface area contributed by atoms with Crippen LogP contribution in [0.25, 0.3) is 0 Å². The van der Waals surface area contributed by atoms with Gasteiger partial charge < -0.3 is 19.9 Å². The van der Waals surface area contributed by atoms with Gasteiger partial charge in [-0.1, -0.05) is 0 Å². The zero-order valence-corrected chi connectivity index (χ0v) is 16.1. The number of nitrogens with zero attached hydrogens (tertiary/aromatic N) is 1. The number of amides is 2. The molecule has 0 radical (unpaired) electrons. The van der Waals surface area contributed by atoms with Crippen LogP contribution in [0, 0.1) is 5.92 Å². The molecule has 8 nitrogen and oxygen atoms in total. The van der Waals surface area contributed by atoms with Crippen molar-refractivity contribution < 1.29 is 22.7 Å². The molecule has 3 heterocycles. The second kappa shape index (κ2) is 6.97. The summed E-state index contributed by atoms with van der Waals surface area (Å²) in [4.78, 5) is 29.5. The van der Waals surface area contributed by atoms with Crippen LogP contribution in [0.2, 0.25) is 0 Å². The first kappa shape index (κ1) is 18.5. The first-order chi connectivity index (χ1) is 13.4. The van der Waals surface area contributed by atoms with E-state index in [0.29, 0.717) is 23.6 Å². The Kier molecular flexibility index (Phi) is 4.62. The molecule has 1 aromatic heterocycles. The second-order valence-electron chi connectivity index (χ2n) is 7.13. The Morgan fingerprint density at radius 2 is 1.93 bits per heavy atom. The number of methoxy groups -OCH3 is 1. The molecule has 0 aliphatic carbocycles. The van der Waals surface area contributed by atoms with Gasteiger partial charge in [0, 0.05) is 36.8 Å². The number of hydrogen-bond acceptors (Lipinski definition) is 5. The predicted octanol–water partition coefficient (Wildman–Crippen LogP) is 0.691. The topological polar surface area (TPSA) is 109 Å². The molecule has 1 aromatic carbocycles. The SMILES string of the molecule is COc1ccc(C(=O)N[C@@H]2CS(=O)(=O)[C@H]3CN(C(=O)c4ccc[nH]4)C[C@@H]23)cc1. The highest BCUT2D eigenvalue weighted by Crippen LogP contribution is 2.34. The smallest absolute Gasteiger partial charge is 0.270 e. The number of H-pyrrole nitrogens is 1. The number of aromatic nitrogens is 1. The minimum atomic E-state index is -3.39. The van der Waals surface area contributed by atoms with Crippen LogP contribution in [-0.4, -0.2) is 67.4 Å². The maximum Gasteiger partial charge on any atom is 0.270 e. The fraction of sp³-hybridized carbons (Fsp3) is 0.368. The van der Waals surface area contributed by atoms with Crippen molar-refractivity contribution in [2.45, 2.75) is 11.3 Å². The molecule has 2 aliphatic heterocycles. The Labute approximate surface area is 162 Å². The van der Waals surface area contributed by atoms with Crippen LogP contribution in [-0.2, 0) is 9.84 Å². The van der Waals surface area contributed by atoms with Gasteiger partial charge in [0.05, 0.1) is 18.1 Å². The van der Waals surface area contributed by atoms with E-state index in [2.05, 4.69) is 10.3 Å². The third-order valence-corrected chi connectivity index (χ3v) is 7.73. The van der Waals surface area contributed by atoms with Crippen LogP contribution in [0.3, 0.4) is 0 Å². The number of nitrogens with one attached hydrogen (secondary N) is 2. The Hall–Kier alpha value is -2.81. The van der Waals surface area contributed by atoms with Crippen molar-refractivity contribution in [1.82, 2.24) is 15.2 Å². The summed E-state index contributed by atoms with van der Waals surface area (Å²) < 4.78 is 30.3. The van der Waals surface area contributed by atoms with E-state index in [9.17, 15) is 18.0 Å². The van der Waals surface area contributed by atoms with Crippen LogP contribution in [0.15, 0.2) is 42.6 Å². The number of sulfone groups is 1. The summed E-state index contributed by atoms with van der Waals surface area (Å²) in [5.74, 6) is -0.345. The fourth-order valence-electron chi connectivity index (χ4n) is 4.01. The molecule has 2 N–H and O–H groups in total. The number of carbonyl (C=O) groups excluding carboxylic acids is 2. The van der Waals surface area contributed by atoms with Gasteiger partial charge in [-0.2, -0.15) is 0 Å². The van der Waals surface area contributed by atoms with Gasteiger partial charge in [-0.15, -0.1) is 0 Å². The molecule has 2 amide bonds. The molecule has 2 fully saturated rings. The van der Waals surface area contributed by atoms with Crippen LogP contribution in [0.4, 0.5) is 0 Å². The molecule has 2 aromatic rings. The van der Waals surface area contributed by atoms with Gasteiger partial charge in [-0.05, 0) is 36.4 Å². The number of ether oxygens (including phenoxy) is 1. The van der Waals surface area contributed by atoms with E-state index in [1.54, 1.807) is 54.6 Å². The third-order valence-electron chi connectivity index (χ3n) is 5.48. The van der Waals surface area contributed by atoms with Crippen molar-refractivity contribution in [2.75, 3.05) is 26.0 Å². The van der Waals surface area contributed by atoms with Gasteiger partial charge in [0.25, 0.3) is 11.8 Å². The van der Waals surface area contributed by atoms with E-state index in [0.717, 1.165) is 0 Å². The van der Waals surface area contributed by atoms with Crippen molar-refractivity contribution in [2.24, 2.45) is 5.92 Å². The maximum absolute atomic E-state index is 12.6. The molecule has 0 unspecified atom stereocenters. The van der Waals surface area contributed by atoms with Crippen molar-refractivity contribution in [1.29, 1.82) is 0 Å². The second-order valence-corrected chi connectivity index (χ2v) is 9.40. The lowest BCUT2D eigenvalue weighted by atomic mass is 10.00. The number of likely N-dealkylation sites (tertiary alicyclic amines) is 1. The first-order valence-corrected chi connectivity index (χ1v) is 10.7. The molecule has 2 saturated heterocycles. The van der Waals surface area contributed by atoms with Crippen LogP contribution in [0.5, 0.6) is 5.75 Å². The molecule has 0 spiro atoms. The van der Waals surface area contributed by atoms with Gasteiger partial charge in [-0.3, -0.25) is 9.59 Å². The maximum atomic E-state index is 12.6. The van der Waals surface area contributed by atoms with Crippen LogP contribution in [0.1, 0.15) is 20.8 Å². The largest absolute Gasteiger partial charge is 0.497 e. The Morgan fingerprint density at radius 1 is 1.18 bits per heavy atom. The summed E-state index contributed by atoms with van der Waals surface area (Å²) in [5.41, 5.74) is 0.857. The van der Waals surface area contributed by atoms with E-state index in [4.69, 9.17) is 4.74 Å². The molecule has 0 saturated carbocycles. The lowest BCUT2D eigenvalue weighted by molar-refractivity contribution is 0.0779. The molecule has 2 aliphatic rings. The molecular weight excluding hydrogens is 382 g/mol. The summed E-state index contributed by atoms with van der Waals surface area (Å²) in [5, 5.41) is 2.20. The zero-order chi connectivity index (χ0) is 19.9. The van der Waals surface area contributed by atoms with Crippen molar-refractivity contribution in [3.05, 3.63) is 53.9 Å². The minimum absolute atomic E-state index is 0.102. The molecule has 9 heteroatoms. The Bertz CT molecular complexity index is 985. The highest BCUT2D eigenvalue weighted by molar-refractivity contribution is 7.92. The van der Waals surface area contributed by atoms with Gasteiger partial charge >= 0.3 is 0 Å². The first-order valence-electron chi connectivity index (χ1n) is 8.98. The summed E-state index contributed by atoms with van der Waals surface area (Å²) in [6.07, 6.45) is 1.65. The van der Waals surface area contributed by atoms with Crippen LogP contribution >= 0.6 is 0 Å². The van der Waals surface area contributed by atoms with E-state index in [1.807, 2.05) is 0 Å². The minimum Gasteiger partial charge on any atom is -0.497 e. The standard InChI is InChI=1S/C19H21N3O5S/c1-27-13-6-4-12(5-7-13)18(23)21-16-11-28(25,26)17-10-22(9-14(16)17)19(24)15-3-2-8-20-15/h2-8,14,16-17,20H,9-11H2,1H3,(H,21,23)/t14-,16+,17-/m0/s1. The Balaban J connectivity index is 1.49. The summed E-state index contributed by atoms with van der Waals surface area (Å²) in [6.45, 7) is 0.453. The van der Waals surface area contributed by atoms with E-state index >= 15 is 0 Å². The molecule has 4 rings (SSSR count). The summed E-state index contributed by atoms with van der Waals surface area (Å²) in [6, 6.07) is 9.47. The third kappa shape index (κ3) is 3.26. The molecular formula is C19H21N3O5S. The number of rotatable bonds is 4. The summed E-state index contributed by atoms with van der Waals surface area (Å²) >= 11 is 0. The highest BCUT2D eigenvalue weighted by atomic mass is 32.2. The summed E-state index contributed by atoms with van der Waals surface area (Å²) in [7, 11) is -1.84. The number of aromatic amines is 1. The zero-order valence-electron chi connectivity index (χ0n) is 15.3. The number of fused-ring (bicyclic) bond motifs is 1. The van der Waals surface area contributed by atoms with E-state index < -0.39 is 21.1 Å². The van der Waals surface area contributed by atoms with Gasteiger partial charge in [0.2, 0.25) is 0 Å². The fourth-order valence-corrected chi connectivity index (χ4v) is 6.30. The van der Waals surface area contributed by atoms with Gasteiger partial charge in [-0.25, -0.2) is 8.42 Å². The number of benzene rings is 1. The number of carbonyl (C=O) groups is 2. The lowest BCUT2D eigenvalue weighted by Crippen LogP contribution is -2.42. The van der Waals surface area contributed by atoms with E-state index in [-0.39, 0.29) is 30.0 Å². The quantitative estimate of drug-likeness (QED) is 0.781. The monoisotopic (exact) mass is 403 g/mol. The predicted molar refractivity (Wildman–Crippen MR) is 102 cm³/mol. The van der Waals surface area contributed by atoms with Crippen molar-refractivity contribution >= 4 is 21.7 Å². The average Bonchev–Trinajstić information content (AvgIpc) is 3.40. The molecule has 28 heavy (non-hydrogen) atoms. The lowest BCUT2D eigenvalue weighted by Gasteiger charge is -2.21. The average molecular weight is 403 g/mol. The van der Waals surface area contributed by atoms with Gasteiger partial charge in [0.1, 0.15) is 11.4 Å². The van der Waals surface area contributed by atoms with E-state index in [1.165, 1.54) is 0 Å². The molecule has 3 atom stereocenters. The van der Waals surface area contributed by atoms with Crippen LogP contribution < -0.4 is 10.1 Å². The van der Waals surface area contributed by atoms with Crippen molar-refractivity contribution in [3.63, 3.8) is 0 Å². The van der Waals surface area contributed by atoms with Gasteiger partial charge in [0.15, 0.2) is 9.84 Å². The normalized spacial score (nSPS) is 25.3.